The zero-order chi connectivity index (χ0) is 19.4. The van der Waals surface area contributed by atoms with Crippen LogP contribution in [0.15, 0.2) is 24.3 Å². The maximum absolute atomic E-state index is 13.6. The fraction of sp³-hybridized carbons (Fsp3) is 0.600. The van der Waals surface area contributed by atoms with E-state index in [1.54, 1.807) is 11.0 Å². The Kier molecular flexibility index (Phi) is 7.09. The Hall–Kier alpha value is -1.56. The highest BCUT2D eigenvalue weighted by Crippen LogP contribution is 2.42. The van der Waals surface area contributed by atoms with Gasteiger partial charge in [0, 0.05) is 25.6 Å². The fourth-order valence-corrected chi connectivity index (χ4v) is 4.47. The summed E-state index contributed by atoms with van der Waals surface area (Å²) < 4.78 is 13.6. The second-order valence-electron chi connectivity index (χ2n) is 7.50. The molecule has 1 saturated heterocycles. The summed E-state index contributed by atoms with van der Waals surface area (Å²) in [5.74, 6) is 0.160. The van der Waals surface area contributed by atoms with Crippen LogP contribution in [0.2, 0.25) is 0 Å². The first-order valence-electron chi connectivity index (χ1n) is 9.21. The van der Waals surface area contributed by atoms with Crippen molar-refractivity contribution in [3.63, 3.8) is 0 Å². The number of nitrogens with zero attached hydrogens (tertiary/aromatic N) is 2. The molecular formula is C20H29FN2O2S. The minimum absolute atomic E-state index is 0.0456. The van der Waals surface area contributed by atoms with Crippen LogP contribution in [0.25, 0.3) is 0 Å². The van der Waals surface area contributed by atoms with E-state index < -0.39 is 0 Å². The van der Waals surface area contributed by atoms with Crippen LogP contribution >= 0.6 is 11.8 Å². The molecule has 1 heterocycles. The van der Waals surface area contributed by atoms with Crippen LogP contribution in [-0.4, -0.2) is 46.0 Å². The lowest BCUT2D eigenvalue weighted by Crippen LogP contribution is -2.44. The molecule has 0 radical (unpaired) electrons. The number of rotatable bonds is 7. The van der Waals surface area contributed by atoms with Gasteiger partial charge in [-0.2, -0.15) is 0 Å². The maximum atomic E-state index is 13.6. The lowest BCUT2D eigenvalue weighted by molar-refractivity contribution is -0.136. The summed E-state index contributed by atoms with van der Waals surface area (Å²) in [6, 6.07) is 6.49. The molecule has 2 rings (SSSR count). The monoisotopic (exact) mass is 380 g/mol. The largest absolute Gasteiger partial charge is 0.338 e. The van der Waals surface area contributed by atoms with Crippen molar-refractivity contribution < 1.29 is 14.0 Å². The molecule has 2 atom stereocenters. The zero-order valence-electron chi connectivity index (χ0n) is 16.2. The molecule has 1 fully saturated rings. The van der Waals surface area contributed by atoms with Gasteiger partial charge in [-0.3, -0.25) is 9.59 Å². The molecule has 4 nitrogen and oxygen atoms in total. The van der Waals surface area contributed by atoms with Gasteiger partial charge in [0.25, 0.3) is 0 Å². The molecule has 0 aliphatic carbocycles. The molecule has 1 aromatic carbocycles. The van der Waals surface area contributed by atoms with E-state index >= 15 is 0 Å². The van der Waals surface area contributed by atoms with Gasteiger partial charge in [-0.15, -0.1) is 11.8 Å². The van der Waals surface area contributed by atoms with E-state index in [1.807, 2.05) is 45.6 Å². The number of carbonyl (C=O) groups excluding carboxylic acids is 2. The minimum Gasteiger partial charge on any atom is -0.338 e. The number of carbonyl (C=O) groups is 2. The van der Waals surface area contributed by atoms with Crippen molar-refractivity contribution in [3.05, 3.63) is 35.6 Å². The quantitative estimate of drug-likeness (QED) is 0.716. The van der Waals surface area contributed by atoms with Crippen LogP contribution in [0.1, 0.15) is 52.0 Å². The van der Waals surface area contributed by atoms with Crippen molar-refractivity contribution >= 4 is 23.6 Å². The number of halogens is 1. The van der Waals surface area contributed by atoms with E-state index in [-0.39, 0.29) is 34.3 Å². The van der Waals surface area contributed by atoms with E-state index in [4.69, 9.17) is 0 Å². The molecule has 0 N–H and O–H groups in total. The molecule has 0 aromatic heterocycles. The van der Waals surface area contributed by atoms with E-state index in [2.05, 4.69) is 0 Å². The normalized spacial score (nSPS) is 20.3. The lowest BCUT2D eigenvalue weighted by atomic mass is 10.1. The van der Waals surface area contributed by atoms with Gasteiger partial charge in [0.1, 0.15) is 11.2 Å². The summed E-state index contributed by atoms with van der Waals surface area (Å²) in [5.41, 5.74) is 0.789. The summed E-state index contributed by atoms with van der Waals surface area (Å²) in [6.07, 6.45) is 0.505. The second kappa shape index (κ2) is 8.89. The average molecular weight is 381 g/mol. The Labute approximate surface area is 160 Å². The van der Waals surface area contributed by atoms with Gasteiger partial charge in [0.05, 0.1) is 5.25 Å². The molecule has 2 amide bonds. The smallest absolute Gasteiger partial charge is 0.236 e. The second-order valence-corrected chi connectivity index (χ2v) is 8.92. The third kappa shape index (κ3) is 5.00. The van der Waals surface area contributed by atoms with Gasteiger partial charge in [0.15, 0.2) is 0 Å². The third-order valence-electron chi connectivity index (χ3n) is 4.49. The first-order chi connectivity index (χ1) is 12.2. The Morgan fingerprint density at radius 3 is 2.58 bits per heavy atom. The summed E-state index contributed by atoms with van der Waals surface area (Å²) in [6.45, 7) is 10.9. The van der Waals surface area contributed by atoms with Crippen molar-refractivity contribution in [2.75, 3.05) is 13.1 Å². The predicted molar refractivity (Wildman–Crippen MR) is 104 cm³/mol. The topological polar surface area (TPSA) is 40.6 Å². The molecule has 0 spiro atoms. The third-order valence-corrected chi connectivity index (χ3v) is 5.88. The number of benzene rings is 1. The molecule has 26 heavy (non-hydrogen) atoms. The Morgan fingerprint density at radius 2 is 2.00 bits per heavy atom. The summed E-state index contributed by atoms with van der Waals surface area (Å²) >= 11 is 1.53. The maximum Gasteiger partial charge on any atom is 0.236 e. The molecule has 1 aliphatic heterocycles. The molecule has 1 aliphatic rings. The minimum atomic E-state index is -0.300. The summed E-state index contributed by atoms with van der Waals surface area (Å²) in [4.78, 5) is 28.7. The number of thioether (sulfide) groups is 1. The number of hydrogen-bond donors (Lipinski definition) is 0. The number of hydrogen-bond acceptors (Lipinski definition) is 3. The number of amides is 2. The Morgan fingerprint density at radius 1 is 1.31 bits per heavy atom. The van der Waals surface area contributed by atoms with Crippen LogP contribution in [0.4, 0.5) is 4.39 Å². The predicted octanol–water partition coefficient (Wildman–Crippen LogP) is 4.07. The van der Waals surface area contributed by atoms with E-state index in [1.165, 1.54) is 23.9 Å². The standard InChI is InChI=1S/C20H29FN2O2S/c1-13(2)11-18(24)22(14(3)4)9-10-23-19(25)15(5)26-20(23)16-7-6-8-17(21)12-16/h6-8,12-15,20H,9-11H2,1-5H3/t15-,20-/m1/s1. The molecular weight excluding hydrogens is 351 g/mol. The molecule has 1 aromatic rings. The highest BCUT2D eigenvalue weighted by atomic mass is 32.2. The summed E-state index contributed by atoms with van der Waals surface area (Å²) in [7, 11) is 0. The van der Waals surface area contributed by atoms with Crippen molar-refractivity contribution in [2.24, 2.45) is 5.92 Å². The Bertz CT molecular complexity index is 650. The molecule has 0 bridgehead atoms. The highest BCUT2D eigenvalue weighted by Gasteiger charge is 2.38. The van der Waals surface area contributed by atoms with E-state index in [0.717, 1.165) is 5.56 Å². The van der Waals surface area contributed by atoms with Crippen molar-refractivity contribution in [1.82, 2.24) is 9.80 Å². The van der Waals surface area contributed by atoms with Crippen LogP contribution in [0.5, 0.6) is 0 Å². The van der Waals surface area contributed by atoms with Gasteiger partial charge < -0.3 is 9.80 Å². The van der Waals surface area contributed by atoms with Crippen LogP contribution < -0.4 is 0 Å². The fourth-order valence-electron chi connectivity index (χ4n) is 3.17. The van der Waals surface area contributed by atoms with Crippen molar-refractivity contribution in [1.29, 1.82) is 0 Å². The SMILES string of the molecule is CC(C)CC(=O)N(CCN1C(=O)[C@@H](C)S[C@@H]1c1cccc(F)c1)C(C)C. The van der Waals surface area contributed by atoms with Crippen LogP contribution in [0, 0.1) is 11.7 Å². The molecule has 0 unspecified atom stereocenters. The molecule has 0 saturated carbocycles. The highest BCUT2D eigenvalue weighted by molar-refractivity contribution is 8.01. The molecule has 144 valence electrons. The van der Waals surface area contributed by atoms with Crippen molar-refractivity contribution in [3.8, 4) is 0 Å². The van der Waals surface area contributed by atoms with Crippen LogP contribution in [-0.2, 0) is 9.59 Å². The zero-order valence-corrected chi connectivity index (χ0v) is 17.1. The van der Waals surface area contributed by atoms with E-state index in [9.17, 15) is 14.0 Å². The van der Waals surface area contributed by atoms with Gasteiger partial charge >= 0.3 is 0 Å². The lowest BCUT2D eigenvalue weighted by Gasteiger charge is -2.31. The van der Waals surface area contributed by atoms with Gasteiger partial charge in [-0.25, -0.2) is 4.39 Å². The first-order valence-corrected chi connectivity index (χ1v) is 10.2. The van der Waals surface area contributed by atoms with Crippen molar-refractivity contribution in [2.45, 2.75) is 57.7 Å². The van der Waals surface area contributed by atoms with Gasteiger partial charge in [-0.05, 0) is 44.4 Å². The first kappa shape index (κ1) is 20.7. The summed E-state index contributed by atoms with van der Waals surface area (Å²) in [5, 5.41) is -0.371. The van der Waals surface area contributed by atoms with Crippen LogP contribution in [0.3, 0.4) is 0 Å². The Balaban J connectivity index is 2.13. The van der Waals surface area contributed by atoms with Gasteiger partial charge in [-0.1, -0.05) is 26.0 Å². The van der Waals surface area contributed by atoms with Gasteiger partial charge in [0.2, 0.25) is 11.8 Å². The molecule has 6 heteroatoms. The van der Waals surface area contributed by atoms with E-state index in [0.29, 0.717) is 25.4 Å². The average Bonchev–Trinajstić information content (AvgIpc) is 2.82.